The molecule has 0 saturated heterocycles. The largest absolute Gasteiger partial charge is 0.325 e. The van der Waals surface area contributed by atoms with Crippen LogP contribution in [-0.4, -0.2) is 26.6 Å². The summed E-state index contributed by atoms with van der Waals surface area (Å²) >= 11 is 0. The molecule has 1 amide bonds. The maximum atomic E-state index is 12.5. The number of rotatable bonds is 2. The van der Waals surface area contributed by atoms with Crippen LogP contribution in [0.25, 0.3) is 0 Å². The molecular weight excluding hydrogens is 226 g/mol. The molecule has 0 spiro atoms. The van der Waals surface area contributed by atoms with E-state index < -0.39 is 0 Å². The molecule has 0 fully saturated rings. The highest BCUT2D eigenvalue weighted by Gasteiger charge is 2.48. The van der Waals surface area contributed by atoms with Crippen molar-refractivity contribution in [2.24, 2.45) is 0 Å². The molecule has 0 saturated carbocycles. The van der Waals surface area contributed by atoms with E-state index in [2.05, 4.69) is 53.6 Å². The number of carbonyl (C=O) groups is 1. The molecule has 0 unspecified atom stereocenters. The van der Waals surface area contributed by atoms with Crippen molar-refractivity contribution in [3.8, 4) is 0 Å². The Labute approximate surface area is 109 Å². The molecule has 0 radical (unpaired) electrons. The van der Waals surface area contributed by atoms with Gasteiger partial charge in [-0.05, 0) is 48.5 Å². The lowest BCUT2D eigenvalue weighted by atomic mass is 9.94. The Morgan fingerprint density at radius 3 is 2.06 bits per heavy atom. The summed E-state index contributed by atoms with van der Waals surface area (Å²) in [5.74, 6) is 0.0625. The van der Waals surface area contributed by atoms with E-state index in [0.29, 0.717) is 5.69 Å². The Bertz CT molecular complexity index is 497. The number of hydrogen-bond donors (Lipinski definition) is 0. The van der Waals surface area contributed by atoms with Crippen molar-refractivity contribution in [3.63, 3.8) is 0 Å². The first-order valence-corrected chi connectivity index (χ1v) is 6.62. The molecule has 4 nitrogen and oxygen atoms in total. The van der Waals surface area contributed by atoms with E-state index >= 15 is 0 Å². The monoisotopic (exact) mass is 249 g/mol. The van der Waals surface area contributed by atoms with Gasteiger partial charge < -0.3 is 4.90 Å². The summed E-state index contributed by atoms with van der Waals surface area (Å²) in [5, 5.41) is 4.52. The minimum atomic E-state index is -0.266. The van der Waals surface area contributed by atoms with Crippen LogP contribution in [0.1, 0.15) is 69.3 Å². The van der Waals surface area contributed by atoms with Gasteiger partial charge in [-0.3, -0.25) is 9.48 Å². The Balaban J connectivity index is 2.63. The Morgan fingerprint density at radius 2 is 1.67 bits per heavy atom. The molecule has 1 aliphatic rings. The van der Waals surface area contributed by atoms with E-state index in [4.69, 9.17) is 0 Å². The van der Waals surface area contributed by atoms with Crippen LogP contribution in [0.4, 0.5) is 0 Å². The van der Waals surface area contributed by atoms with Crippen molar-refractivity contribution >= 4 is 5.91 Å². The number of fused-ring (bicyclic) bond motifs is 1. The Hall–Kier alpha value is -1.32. The van der Waals surface area contributed by atoms with Crippen molar-refractivity contribution < 1.29 is 4.79 Å². The molecule has 1 aromatic rings. The SMILES string of the molecule is Cc1c2c(nn1C(C)C)C(=O)N(C(C)C)C2(C)C. The van der Waals surface area contributed by atoms with Gasteiger partial charge in [-0.2, -0.15) is 5.10 Å². The lowest BCUT2D eigenvalue weighted by Gasteiger charge is -2.36. The van der Waals surface area contributed by atoms with Gasteiger partial charge in [0.05, 0.1) is 5.54 Å². The van der Waals surface area contributed by atoms with Gasteiger partial charge in [-0.25, -0.2) is 0 Å². The van der Waals surface area contributed by atoms with Gasteiger partial charge in [0.1, 0.15) is 0 Å². The number of hydrogen-bond acceptors (Lipinski definition) is 2. The molecule has 4 heteroatoms. The maximum absolute atomic E-state index is 12.5. The van der Waals surface area contributed by atoms with Crippen LogP contribution in [0.2, 0.25) is 0 Å². The molecule has 0 aromatic carbocycles. The van der Waals surface area contributed by atoms with Crippen LogP contribution in [0, 0.1) is 6.92 Å². The van der Waals surface area contributed by atoms with Gasteiger partial charge in [-0.15, -0.1) is 0 Å². The summed E-state index contributed by atoms with van der Waals surface area (Å²) in [7, 11) is 0. The molecule has 2 heterocycles. The Morgan fingerprint density at radius 1 is 1.11 bits per heavy atom. The molecule has 1 aromatic heterocycles. The molecule has 0 atom stereocenters. The molecule has 0 bridgehead atoms. The summed E-state index contributed by atoms with van der Waals surface area (Å²) in [4.78, 5) is 14.4. The van der Waals surface area contributed by atoms with Crippen LogP contribution in [0.15, 0.2) is 0 Å². The van der Waals surface area contributed by atoms with Crippen LogP contribution >= 0.6 is 0 Å². The molecule has 1 aliphatic heterocycles. The standard InChI is InChI=1S/C14H23N3O/c1-8(2)16-13(18)12-11(14(16,6)7)10(5)17(15-12)9(3)4/h8-9H,1-7H3. The first kappa shape index (κ1) is 13.1. The van der Waals surface area contributed by atoms with E-state index in [1.807, 2.05) is 9.58 Å². The lowest BCUT2D eigenvalue weighted by molar-refractivity contribution is 0.0515. The average Bonchev–Trinajstić information content (AvgIpc) is 2.63. The first-order chi connectivity index (χ1) is 8.19. The van der Waals surface area contributed by atoms with Crippen molar-refractivity contribution in [2.45, 2.75) is 66.1 Å². The number of nitrogens with zero attached hydrogens (tertiary/aromatic N) is 3. The lowest BCUT2D eigenvalue weighted by Crippen LogP contribution is -2.44. The first-order valence-electron chi connectivity index (χ1n) is 6.62. The molecule has 100 valence electrons. The summed E-state index contributed by atoms with van der Waals surface area (Å²) in [6.45, 7) is 14.6. The fraction of sp³-hybridized carbons (Fsp3) is 0.714. The van der Waals surface area contributed by atoms with Gasteiger partial charge in [0, 0.05) is 23.3 Å². The molecular formula is C14H23N3O. The van der Waals surface area contributed by atoms with Crippen molar-refractivity contribution in [1.82, 2.24) is 14.7 Å². The smallest absolute Gasteiger partial charge is 0.275 e. The van der Waals surface area contributed by atoms with Crippen molar-refractivity contribution in [1.29, 1.82) is 0 Å². The van der Waals surface area contributed by atoms with Crippen LogP contribution in [0.5, 0.6) is 0 Å². The third kappa shape index (κ3) is 1.51. The van der Waals surface area contributed by atoms with Crippen LogP contribution in [-0.2, 0) is 5.54 Å². The number of amides is 1. The van der Waals surface area contributed by atoms with Crippen molar-refractivity contribution in [2.75, 3.05) is 0 Å². The highest BCUT2D eigenvalue weighted by Crippen LogP contribution is 2.41. The van der Waals surface area contributed by atoms with Crippen LogP contribution in [0.3, 0.4) is 0 Å². The quantitative estimate of drug-likeness (QED) is 0.808. The zero-order valence-corrected chi connectivity index (χ0v) is 12.4. The predicted molar refractivity (Wildman–Crippen MR) is 71.7 cm³/mol. The average molecular weight is 249 g/mol. The van der Waals surface area contributed by atoms with E-state index in [1.165, 1.54) is 0 Å². The summed E-state index contributed by atoms with van der Waals surface area (Å²) in [6, 6.07) is 0.472. The minimum Gasteiger partial charge on any atom is -0.325 e. The van der Waals surface area contributed by atoms with Gasteiger partial charge in [0.15, 0.2) is 5.69 Å². The predicted octanol–water partition coefficient (Wildman–Crippen LogP) is 2.87. The normalized spacial score (nSPS) is 18.1. The highest BCUT2D eigenvalue weighted by atomic mass is 16.2. The Kier molecular flexibility index (Phi) is 2.80. The maximum Gasteiger partial charge on any atom is 0.275 e. The second kappa shape index (κ2) is 3.84. The summed E-state index contributed by atoms with van der Waals surface area (Å²) < 4.78 is 1.96. The fourth-order valence-corrected chi connectivity index (χ4v) is 3.27. The second-order valence-electron chi connectivity index (χ2n) is 6.18. The van der Waals surface area contributed by atoms with Gasteiger partial charge in [0.2, 0.25) is 0 Å². The third-order valence-electron chi connectivity index (χ3n) is 3.79. The molecule has 0 N–H and O–H groups in total. The van der Waals surface area contributed by atoms with Gasteiger partial charge in [-0.1, -0.05) is 0 Å². The highest BCUT2D eigenvalue weighted by molar-refractivity contribution is 5.98. The minimum absolute atomic E-state index is 0.0625. The number of carbonyl (C=O) groups excluding carboxylic acids is 1. The second-order valence-corrected chi connectivity index (χ2v) is 6.18. The fourth-order valence-electron chi connectivity index (χ4n) is 3.27. The molecule has 18 heavy (non-hydrogen) atoms. The molecule has 2 rings (SSSR count). The van der Waals surface area contributed by atoms with Crippen molar-refractivity contribution in [3.05, 3.63) is 17.0 Å². The topological polar surface area (TPSA) is 38.1 Å². The summed E-state index contributed by atoms with van der Waals surface area (Å²) in [6.07, 6.45) is 0. The molecule has 0 aliphatic carbocycles. The van der Waals surface area contributed by atoms with Gasteiger partial charge >= 0.3 is 0 Å². The van der Waals surface area contributed by atoms with E-state index in [-0.39, 0.29) is 23.5 Å². The van der Waals surface area contributed by atoms with E-state index in [0.717, 1.165) is 11.3 Å². The zero-order chi connectivity index (χ0) is 13.8. The van der Waals surface area contributed by atoms with E-state index in [1.54, 1.807) is 0 Å². The zero-order valence-electron chi connectivity index (χ0n) is 12.4. The van der Waals surface area contributed by atoms with E-state index in [9.17, 15) is 4.79 Å². The third-order valence-corrected chi connectivity index (χ3v) is 3.79. The number of aromatic nitrogens is 2. The summed E-state index contributed by atoms with van der Waals surface area (Å²) in [5.41, 5.74) is 2.58. The van der Waals surface area contributed by atoms with Crippen LogP contribution < -0.4 is 0 Å². The van der Waals surface area contributed by atoms with Gasteiger partial charge in [0.25, 0.3) is 5.91 Å².